The SMILES string of the molecule is Cc1cc(CN2CCN([C@@H](C(=O)Nc3ccc(F)cc3)c3ccccc3)CC2)no1. The second kappa shape index (κ2) is 9.19. The van der Waals surface area contributed by atoms with Gasteiger partial charge in [0.2, 0.25) is 5.91 Å². The second-order valence-electron chi connectivity index (χ2n) is 7.55. The number of aromatic nitrogens is 1. The number of rotatable bonds is 6. The third kappa shape index (κ3) is 4.93. The van der Waals surface area contributed by atoms with Crippen molar-refractivity contribution in [2.24, 2.45) is 0 Å². The second-order valence-corrected chi connectivity index (χ2v) is 7.55. The predicted octanol–water partition coefficient (Wildman–Crippen LogP) is 3.62. The highest BCUT2D eigenvalue weighted by molar-refractivity contribution is 5.95. The summed E-state index contributed by atoms with van der Waals surface area (Å²) in [6.07, 6.45) is 0. The van der Waals surface area contributed by atoms with Gasteiger partial charge in [0, 0.05) is 44.5 Å². The zero-order chi connectivity index (χ0) is 20.9. The van der Waals surface area contributed by atoms with E-state index in [0.29, 0.717) is 5.69 Å². The predicted molar refractivity (Wildman–Crippen MR) is 112 cm³/mol. The fourth-order valence-electron chi connectivity index (χ4n) is 3.81. The number of nitrogens with one attached hydrogen (secondary N) is 1. The highest BCUT2D eigenvalue weighted by Gasteiger charge is 2.30. The van der Waals surface area contributed by atoms with Crippen LogP contribution in [0.2, 0.25) is 0 Å². The van der Waals surface area contributed by atoms with Gasteiger partial charge in [0.05, 0.1) is 5.69 Å². The van der Waals surface area contributed by atoms with Gasteiger partial charge in [-0.05, 0) is 36.8 Å². The summed E-state index contributed by atoms with van der Waals surface area (Å²) in [4.78, 5) is 17.7. The van der Waals surface area contributed by atoms with Gasteiger partial charge in [0.15, 0.2) is 0 Å². The number of halogens is 1. The van der Waals surface area contributed by atoms with Crippen LogP contribution in [-0.2, 0) is 11.3 Å². The van der Waals surface area contributed by atoms with E-state index in [1.54, 1.807) is 12.1 Å². The van der Waals surface area contributed by atoms with E-state index in [2.05, 4.69) is 20.3 Å². The minimum atomic E-state index is -0.410. The van der Waals surface area contributed by atoms with Gasteiger partial charge < -0.3 is 9.84 Å². The summed E-state index contributed by atoms with van der Waals surface area (Å²) >= 11 is 0. The molecule has 1 saturated heterocycles. The average molecular weight is 408 g/mol. The molecule has 156 valence electrons. The van der Waals surface area contributed by atoms with Crippen LogP contribution in [0.3, 0.4) is 0 Å². The van der Waals surface area contributed by atoms with Gasteiger partial charge in [-0.15, -0.1) is 0 Å². The summed E-state index contributed by atoms with van der Waals surface area (Å²) in [5.74, 6) is 0.365. The van der Waals surface area contributed by atoms with E-state index in [9.17, 15) is 9.18 Å². The van der Waals surface area contributed by atoms with Crippen LogP contribution in [0.4, 0.5) is 10.1 Å². The van der Waals surface area contributed by atoms with E-state index in [4.69, 9.17) is 4.52 Å². The third-order valence-electron chi connectivity index (χ3n) is 5.31. The Morgan fingerprint density at radius 3 is 2.43 bits per heavy atom. The molecular weight excluding hydrogens is 383 g/mol. The van der Waals surface area contributed by atoms with Crippen molar-refractivity contribution < 1.29 is 13.7 Å². The van der Waals surface area contributed by atoms with Crippen molar-refractivity contribution in [3.63, 3.8) is 0 Å². The van der Waals surface area contributed by atoms with Crippen LogP contribution < -0.4 is 5.32 Å². The molecule has 2 aromatic carbocycles. The molecule has 1 amide bonds. The van der Waals surface area contributed by atoms with E-state index in [1.807, 2.05) is 43.3 Å². The van der Waals surface area contributed by atoms with Crippen LogP contribution in [0, 0.1) is 12.7 Å². The molecule has 1 aliphatic rings. The molecule has 3 aromatic rings. The molecule has 1 fully saturated rings. The minimum Gasteiger partial charge on any atom is -0.361 e. The minimum absolute atomic E-state index is 0.117. The number of nitrogens with zero attached hydrogens (tertiary/aromatic N) is 3. The Hall–Kier alpha value is -3.03. The van der Waals surface area contributed by atoms with Gasteiger partial charge in [0.25, 0.3) is 0 Å². The summed E-state index contributed by atoms with van der Waals surface area (Å²) in [7, 11) is 0. The maximum atomic E-state index is 13.2. The van der Waals surface area contributed by atoms with Crippen molar-refractivity contribution in [1.29, 1.82) is 0 Å². The Morgan fingerprint density at radius 2 is 1.80 bits per heavy atom. The maximum Gasteiger partial charge on any atom is 0.246 e. The molecule has 6 nitrogen and oxygen atoms in total. The lowest BCUT2D eigenvalue weighted by atomic mass is 10.0. The topological polar surface area (TPSA) is 61.6 Å². The maximum absolute atomic E-state index is 13.2. The van der Waals surface area contributed by atoms with Crippen molar-refractivity contribution in [1.82, 2.24) is 15.0 Å². The Morgan fingerprint density at radius 1 is 1.10 bits per heavy atom. The first-order valence-electron chi connectivity index (χ1n) is 10.1. The highest BCUT2D eigenvalue weighted by atomic mass is 19.1. The van der Waals surface area contributed by atoms with E-state index >= 15 is 0 Å². The zero-order valence-corrected chi connectivity index (χ0v) is 16.9. The van der Waals surface area contributed by atoms with Gasteiger partial charge in [-0.2, -0.15) is 0 Å². The summed E-state index contributed by atoms with van der Waals surface area (Å²) < 4.78 is 18.4. The summed E-state index contributed by atoms with van der Waals surface area (Å²) in [6.45, 7) is 5.81. The molecule has 0 aliphatic carbocycles. The summed E-state index contributed by atoms with van der Waals surface area (Å²) in [5.41, 5.74) is 2.45. The number of carbonyl (C=O) groups is 1. The number of benzene rings is 2. The van der Waals surface area contributed by atoms with Gasteiger partial charge >= 0.3 is 0 Å². The number of amides is 1. The molecule has 1 aromatic heterocycles. The largest absolute Gasteiger partial charge is 0.361 e. The van der Waals surface area contributed by atoms with Crippen LogP contribution >= 0.6 is 0 Å². The molecule has 0 bridgehead atoms. The van der Waals surface area contributed by atoms with Crippen LogP contribution in [0.5, 0.6) is 0 Å². The zero-order valence-electron chi connectivity index (χ0n) is 16.9. The Bertz CT molecular complexity index is 966. The third-order valence-corrected chi connectivity index (χ3v) is 5.31. The van der Waals surface area contributed by atoms with Crippen LogP contribution in [0.1, 0.15) is 23.1 Å². The normalized spacial score (nSPS) is 16.3. The number of carbonyl (C=O) groups excluding carboxylic acids is 1. The van der Waals surface area contributed by atoms with Crippen molar-refractivity contribution in [3.05, 3.63) is 83.5 Å². The number of hydrogen-bond donors (Lipinski definition) is 1. The molecule has 30 heavy (non-hydrogen) atoms. The van der Waals surface area contributed by atoms with Crippen LogP contribution in [0.15, 0.2) is 65.2 Å². The number of aryl methyl sites for hydroxylation is 1. The first kappa shape index (κ1) is 20.3. The van der Waals surface area contributed by atoms with E-state index in [0.717, 1.165) is 49.7 Å². The Labute approximate surface area is 175 Å². The van der Waals surface area contributed by atoms with Gasteiger partial charge in [-0.1, -0.05) is 35.5 Å². The summed E-state index contributed by atoms with van der Waals surface area (Å²) in [6, 6.07) is 17.2. The highest BCUT2D eigenvalue weighted by Crippen LogP contribution is 2.25. The van der Waals surface area contributed by atoms with Crippen molar-refractivity contribution >= 4 is 11.6 Å². The number of anilines is 1. The lowest BCUT2D eigenvalue weighted by Gasteiger charge is -2.38. The van der Waals surface area contributed by atoms with Crippen molar-refractivity contribution in [2.75, 3.05) is 31.5 Å². The number of hydrogen-bond acceptors (Lipinski definition) is 5. The molecule has 4 rings (SSSR count). The Kier molecular flexibility index (Phi) is 6.21. The molecule has 1 atom stereocenters. The first-order chi connectivity index (χ1) is 14.6. The molecule has 0 radical (unpaired) electrons. The first-order valence-corrected chi connectivity index (χ1v) is 10.1. The fourth-order valence-corrected chi connectivity index (χ4v) is 3.81. The standard InChI is InChI=1S/C23H25FN4O2/c1-17-15-21(26-30-17)16-27-11-13-28(14-12-27)22(18-5-3-2-4-6-18)23(29)25-20-9-7-19(24)8-10-20/h2-10,15,22H,11-14,16H2,1H3,(H,25,29)/t22-/m1/s1. The fraction of sp³-hybridized carbons (Fsp3) is 0.304. The van der Waals surface area contributed by atoms with Crippen molar-refractivity contribution in [3.8, 4) is 0 Å². The molecule has 2 heterocycles. The Balaban J connectivity index is 1.45. The smallest absolute Gasteiger partial charge is 0.246 e. The molecule has 0 saturated carbocycles. The van der Waals surface area contributed by atoms with Crippen LogP contribution in [0.25, 0.3) is 0 Å². The number of piperazine rings is 1. The lowest BCUT2D eigenvalue weighted by molar-refractivity contribution is -0.122. The molecule has 0 unspecified atom stereocenters. The van der Waals surface area contributed by atoms with E-state index < -0.39 is 6.04 Å². The lowest BCUT2D eigenvalue weighted by Crippen LogP contribution is -2.49. The monoisotopic (exact) mass is 408 g/mol. The van der Waals surface area contributed by atoms with Gasteiger partial charge in [0.1, 0.15) is 17.6 Å². The van der Waals surface area contributed by atoms with E-state index in [1.165, 1.54) is 12.1 Å². The molecule has 1 N–H and O–H groups in total. The van der Waals surface area contributed by atoms with Gasteiger partial charge in [-0.25, -0.2) is 4.39 Å². The quantitative estimate of drug-likeness (QED) is 0.675. The van der Waals surface area contributed by atoms with Crippen LogP contribution in [-0.4, -0.2) is 47.0 Å². The summed E-state index contributed by atoms with van der Waals surface area (Å²) in [5, 5.41) is 7.01. The average Bonchev–Trinajstić information content (AvgIpc) is 3.16. The molecule has 1 aliphatic heterocycles. The van der Waals surface area contributed by atoms with E-state index in [-0.39, 0.29) is 11.7 Å². The van der Waals surface area contributed by atoms with Gasteiger partial charge in [-0.3, -0.25) is 14.6 Å². The molecule has 0 spiro atoms. The molecule has 7 heteroatoms. The van der Waals surface area contributed by atoms with Crippen molar-refractivity contribution in [2.45, 2.75) is 19.5 Å². The molecular formula is C23H25FN4O2.